The van der Waals surface area contributed by atoms with Gasteiger partial charge in [-0.05, 0) is 13.8 Å². The van der Waals surface area contributed by atoms with Gasteiger partial charge in [-0.3, -0.25) is 4.99 Å². The second-order valence-electron chi connectivity index (χ2n) is 2.33. The van der Waals surface area contributed by atoms with Crippen LogP contribution in [0.1, 0.15) is 20.3 Å². The summed E-state index contributed by atoms with van der Waals surface area (Å²) in [6.45, 7) is 4.26. The van der Waals surface area contributed by atoms with E-state index in [-0.39, 0.29) is 0 Å². The Balaban J connectivity index is 2.57. The van der Waals surface area contributed by atoms with E-state index in [1.165, 1.54) is 0 Å². The minimum absolute atomic E-state index is 0.292. The van der Waals surface area contributed by atoms with Crippen LogP contribution in [0.4, 0.5) is 0 Å². The molecule has 0 unspecified atom stereocenters. The van der Waals surface area contributed by atoms with Crippen molar-refractivity contribution in [1.29, 1.82) is 0 Å². The van der Waals surface area contributed by atoms with Crippen LogP contribution < -0.4 is 0 Å². The molecule has 0 N–H and O–H groups in total. The number of hydrogen-bond donors (Lipinski definition) is 0. The summed E-state index contributed by atoms with van der Waals surface area (Å²) < 4.78 is 0. The second-order valence-corrected chi connectivity index (χ2v) is 2.33. The molecule has 0 saturated carbocycles. The van der Waals surface area contributed by atoms with E-state index in [0.717, 1.165) is 6.42 Å². The first-order valence-corrected chi connectivity index (χ1v) is 2.24. The summed E-state index contributed by atoms with van der Waals surface area (Å²) in [7, 11) is 0. The maximum absolute atomic E-state index is 4.08. The van der Waals surface area contributed by atoms with Crippen molar-refractivity contribution in [3.63, 3.8) is 0 Å². The van der Waals surface area contributed by atoms with E-state index in [2.05, 4.69) is 18.8 Å². The molecule has 1 heteroatoms. The monoisotopic (exact) mass is 83.1 g/mol. The van der Waals surface area contributed by atoms with Crippen LogP contribution in [0.15, 0.2) is 4.99 Å². The zero-order chi connectivity index (χ0) is 4.62. The maximum Gasteiger partial charge on any atom is 0.0597 e. The molecule has 0 aromatic carbocycles. The highest BCUT2D eigenvalue weighted by atomic mass is 14.9. The molecular formula is C5H9N. The topological polar surface area (TPSA) is 12.4 Å². The molecule has 0 aromatic heterocycles. The normalized spacial score (nSPS) is 26.3. The second kappa shape index (κ2) is 0.837. The zero-order valence-electron chi connectivity index (χ0n) is 4.23. The van der Waals surface area contributed by atoms with Gasteiger partial charge in [-0.1, -0.05) is 0 Å². The van der Waals surface area contributed by atoms with Crippen molar-refractivity contribution in [3.8, 4) is 0 Å². The average Bonchev–Trinajstić information content (AvgIpc) is 1.32. The van der Waals surface area contributed by atoms with Gasteiger partial charge >= 0.3 is 0 Å². The van der Waals surface area contributed by atoms with Crippen LogP contribution in [0.25, 0.3) is 0 Å². The van der Waals surface area contributed by atoms with Crippen LogP contribution in [0.2, 0.25) is 0 Å². The van der Waals surface area contributed by atoms with Crippen LogP contribution in [0.5, 0.6) is 0 Å². The highest BCUT2D eigenvalue weighted by Gasteiger charge is 2.19. The first kappa shape index (κ1) is 3.85. The fourth-order valence-corrected chi connectivity index (χ4v) is 0.456. The van der Waals surface area contributed by atoms with E-state index < -0.39 is 0 Å². The third-order valence-corrected chi connectivity index (χ3v) is 1.03. The van der Waals surface area contributed by atoms with Gasteiger partial charge in [-0.2, -0.15) is 0 Å². The van der Waals surface area contributed by atoms with Crippen molar-refractivity contribution in [2.45, 2.75) is 25.8 Å². The predicted molar refractivity (Wildman–Crippen MR) is 27.2 cm³/mol. The van der Waals surface area contributed by atoms with Gasteiger partial charge < -0.3 is 0 Å². The molecule has 0 amide bonds. The Hall–Kier alpha value is -0.330. The summed E-state index contributed by atoms with van der Waals surface area (Å²) in [5.74, 6) is 0. The van der Waals surface area contributed by atoms with Crippen molar-refractivity contribution < 1.29 is 0 Å². The van der Waals surface area contributed by atoms with Gasteiger partial charge in [0.2, 0.25) is 0 Å². The third-order valence-electron chi connectivity index (χ3n) is 1.03. The smallest absolute Gasteiger partial charge is 0.0597 e. The molecule has 0 aromatic rings. The number of rotatable bonds is 0. The third kappa shape index (κ3) is 0.445. The van der Waals surface area contributed by atoms with Crippen LogP contribution in [-0.4, -0.2) is 11.8 Å². The summed E-state index contributed by atoms with van der Waals surface area (Å²) in [5, 5.41) is 0. The molecular weight excluding hydrogens is 74.1 g/mol. The van der Waals surface area contributed by atoms with E-state index in [1.807, 2.05) is 6.21 Å². The quantitative estimate of drug-likeness (QED) is 0.418. The molecule has 0 atom stereocenters. The minimum atomic E-state index is 0.292. The zero-order valence-corrected chi connectivity index (χ0v) is 4.23. The summed E-state index contributed by atoms with van der Waals surface area (Å²) in [6.07, 6.45) is 3.12. The Morgan fingerprint density at radius 2 is 2.00 bits per heavy atom. The van der Waals surface area contributed by atoms with Crippen LogP contribution >= 0.6 is 0 Å². The molecule has 1 nitrogen and oxygen atoms in total. The molecule has 6 heavy (non-hydrogen) atoms. The summed E-state index contributed by atoms with van der Waals surface area (Å²) >= 11 is 0. The number of hydrogen-bond acceptors (Lipinski definition) is 1. The first-order chi connectivity index (χ1) is 2.71. The van der Waals surface area contributed by atoms with E-state index in [1.54, 1.807) is 0 Å². The Morgan fingerprint density at radius 1 is 1.67 bits per heavy atom. The van der Waals surface area contributed by atoms with Crippen molar-refractivity contribution in [2.24, 2.45) is 4.99 Å². The van der Waals surface area contributed by atoms with Crippen LogP contribution in [0.3, 0.4) is 0 Å². The van der Waals surface area contributed by atoms with Gasteiger partial charge in [0.25, 0.3) is 0 Å². The van der Waals surface area contributed by atoms with E-state index in [9.17, 15) is 0 Å². The van der Waals surface area contributed by atoms with Crippen LogP contribution in [0, 0.1) is 0 Å². The Labute approximate surface area is 38.1 Å². The van der Waals surface area contributed by atoms with E-state index in [4.69, 9.17) is 0 Å². The van der Waals surface area contributed by atoms with Crippen molar-refractivity contribution in [1.82, 2.24) is 0 Å². The lowest BCUT2D eigenvalue weighted by atomic mass is 9.98. The first-order valence-electron chi connectivity index (χ1n) is 2.24. The SMILES string of the molecule is CC1(C)CC=N1. The van der Waals surface area contributed by atoms with Gasteiger partial charge in [-0.15, -0.1) is 0 Å². The standard InChI is InChI=1S/C5H9N/c1-5(2)3-4-6-5/h4H,3H2,1-2H3. The molecule has 1 aliphatic heterocycles. The van der Waals surface area contributed by atoms with Crippen LogP contribution in [-0.2, 0) is 0 Å². The average molecular weight is 83.1 g/mol. The molecule has 0 saturated heterocycles. The number of aliphatic imine (C=N–C) groups is 1. The van der Waals surface area contributed by atoms with Crippen molar-refractivity contribution >= 4 is 6.21 Å². The van der Waals surface area contributed by atoms with Crippen molar-refractivity contribution in [2.75, 3.05) is 0 Å². The lowest BCUT2D eigenvalue weighted by Gasteiger charge is -2.24. The highest BCUT2D eigenvalue weighted by molar-refractivity contribution is 5.65. The van der Waals surface area contributed by atoms with Crippen molar-refractivity contribution in [3.05, 3.63) is 0 Å². The fraction of sp³-hybridized carbons (Fsp3) is 0.800. The molecule has 1 heterocycles. The van der Waals surface area contributed by atoms with E-state index in [0.29, 0.717) is 5.54 Å². The predicted octanol–water partition coefficient (Wildman–Crippen LogP) is 1.24. The van der Waals surface area contributed by atoms with Gasteiger partial charge in [0.1, 0.15) is 0 Å². The maximum atomic E-state index is 4.08. The Bertz CT molecular complexity index is 81.9. The molecule has 0 aliphatic carbocycles. The fourth-order valence-electron chi connectivity index (χ4n) is 0.456. The molecule has 0 radical (unpaired) electrons. The molecule has 1 rings (SSSR count). The number of nitrogens with zero attached hydrogens (tertiary/aromatic N) is 1. The summed E-state index contributed by atoms with van der Waals surface area (Å²) in [6, 6.07) is 0. The Kier molecular flexibility index (Phi) is 0.536. The van der Waals surface area contributed by atoms with Gasteiger partial charge in [0.05, 0.1) is 5.54 Å². The lowest BCUT2D eigenvalue weighted by molar-refractivity contribution is 0.508. The van der Waals surface area contributed by atoms with Gasteiger partial charge in [-0.25, -0.2) is 0 Å². The molecule has 0 spiro atoms. The molecule has 1 aliphatic rings. The summed E-state index contributed by atoms with van der Waals surface area (Å²) in [4.78, 5) is 4.08. The van der Waals surface area contributed by atoms with E-state index >= 15 is 0 Å². The lowest BCUT2D eigenvalue weighted by Crippen LogP contribution is -2.24. The largest absolute Gasteiger partial charge is 0.291 e. The molecule has 0 bridgehead atoms. The molecule has 34 valence electrons. The highest BCUT2D eigenvalue weighted by Crippen LogP contribution is 2.18. The minimum Gasteiger partial charge on any atom is -0.291 e. The molecule has 0 fully saturated rings. The summed E-state index contributed by atoms with van der Waals surface area (Å²) in [5.41, 5.74) is 0.292. The van der Waals surface area contributed by atoms with Gasteiger partial charge in [0, 0.05) is 12.6 Å². The Morgan fingerprint density at radius 3 is 2.00 bits per heavy atom. The van der Waals surface area contributed by atoms with Gasteiger partial charge in [0.15, 0.2) is 0 Å².